The Labute approximate surface area is 107 Å². The van der Waals surface area contributed by atoms with E-state index in [1.807, 2.05) is 24.3 Å². The second-order valence-electron chi connectivity index (χ2n) is 5.14. The molecule has 1 aromatic carbocycles. The van der Waals surface area contributed by atoms with E-state index in [1.165, 1.54) is 0 Å². The Morgan fingerprint density at radius 1 is 1.44 bits per heavy atom. The molecule has 1 aliphatic carbocycles. The van der Waals surface area contributed by atoms with Crippen molar-refractivity contribution in [3.63, 3.8) is 0 Å². The van der Waals surface area contributed by atoms with Crippen molar-refractivity contribution in [3.8, 4) is 5.75 Å². The van der Waals surface area contributed by atoms with Crippen molar-refractivity contribution in [2.75, 3.05) is 12.4 Å². The molecule has 4 nitrogen and oxygen atoms in total. The molecule has 1 atom stereocenters. The number of ether oxygens (including phenoxy) is 1. The average molecular weight is 249 g/mol. The van der Waals surface area contributed by atoms with Crippen molar-refractivity contribution < 1.29 is 14.6 Å². The highest BCUT2D eigenvalue weighted by Crippen LogP contribution is 2.38. The van der Waals surface area contributed by atoms with Crippen LogP contribution in [0.25, 0.3) is 0 Å². The fourth-order valence-electron chi connectivity index (χ4n) is 2.08. The van der Waals surface area contributed by atoms with Crippen molar-refractivity contribution >= 4 is 11.7 Å². The van der Waals surface area contributed by atoms with Gasteiger partial charge in [-0.2, -0.15) is 0 Å². The second kappa shape index (κ2) is 4.88. The number of carboxylic acids is 1. The molecule has 0 aliphatic heterocycles. The van der Waals surface area contributed by atoms with Crippen LogP contribution in [-0.4, -0.2) is 23.7 Å². The molecule has 0 heterocycles. The Bertz CT molecular complexity index is 425. The molecule has 2 N–H and O–H groups in total. The van der Waals surface area contributed by atoms with Crippen LogP contribution < -0.4 is 10.1 Å². The maximum absolute atomic E-state index is 11.4. The number of aliphatic carboxylic acids is 1. The quantitative estimate of drug-likeness (QED) is 0.814. The van der Waals surface area contributed by atoms with E-state index in [0.717, 1.165) is 24.3 Å². The normalized spacial score (nSPS) is 17.9. The molecular formula is C14H19NO3. The molecule has 2 rings (SSSR count). The third kappa shape index (κ3) is 2.94. The monoisotopic (exact) mass is 249 g/mol. The average Bonchev–Trinajstić information content (AvgIpc) is 3.13. The first-order chi connectivity index (χ1) is 8.53. The second-order valence-corrected chi connectivity index (χ2v) is 5.14. The number of carbonyl (C=O) groups is 1. The lowest BCUT2D eigenvalue weighted by atomic mass is 9.94. The Morgan fingerprint density at radius 3 is 2.50 bits per heavy atom. The molecule has 1 saturated carbocycles. The number of hydrogen-bond acceptors (Lipinski definition) is 3. The van der Waals surface area contributed by atoms with Gasteiger partial charge in [0.15, 0.2) is 0 Å². The van der Waals surface area contributed by atoms with Gasteiger partial charge in [0, 0.05) is 5.69 Å². The molecule has 0 bridgehead atoms. The number of benzene rings is 1. The summed E-state index contributed by atoms with van der Waals surface area (Å²) in [5, 5.41) is 12.5. The Morgan fingerprint density at radius 2 is 2.06 bits per heavy atom. The fraction of sp³-hybridized carbons (Fsp3) is 0.500. The van der Waals surface area contributed by atoms with Crippen LogP contribution in [0.15, 0.2) is 24.3 Å². The predicted molar refractivity (Wildman–Crippen MR) is 70.0 cm³/mol. The molecule has 0 amide bonds. The van der Waals surface area contributed by atoms with Crippen LogP contribution >= 0.6 is 0 Å². The van der Waals surface area contributed by atoms with E-state index >= 15 is 0 Å². The lowest BCUT2D eigenvalue weighted by Crippen LogP contribution is -2.43. The minimum absolute atomic E-state index is 0.553. The maximum Gasteiger partial charge on any atom is 0.329 e. The van der Waals surface area contributed by atoms with Crippen LogP contribution in [0.4, 0.5) is 5.69 Å². The van der Waals surface area contributed by atoms with E-state index in [9.17, 15) is 9.90 Å². The number of hydrogen-bond donors (Lipinski definition) is 2. The molecular weight excluding hydrogens is 230 g/mol. The van der Waals surface area contributed by atoms with Gasteiger partial charge < -0.3 is 15.2 Å². The van der Waals surface area contributed by atoms with Gasteiger partial charge in [-0.25, -0.2) is 4.79 Å². The van der Waals surface area contributed by atoms with Crippen molar-refractivity contribution in [3.05, 3.63) is 24.3 Å². The Balaban J connectivity index is 2.09. The molecule has 1 unspecified atom stereocenters. The summed E-state index contributed by atoms with van der Waals surface area (Å²) in [6.45, 7) is 1.75. The molecule has 0 radical (unpaired) electrons. The summed E-state index contributed by atoms with van der Waals surface area (Å²) in [6.07, 6.45) is 2.97. The predicted octanol–water partition coefficient (Wildman–Crippen LogP) is 2.75. The third-order valence-electron chi connectivity index (χ3n) is 3.38. The molecule has 1 fully saturated rings. The summed E-state index contributed by atoms with van der Waals surface area (Å²) < 4.78 is 5.08. The van der Waals surface area contributed by atoms with Gasteiger partial charge >= 0.3 is 5.97 Å². The summed E-state index contributed by atoms with van der Waals surface area (Å²) >= 11 is 0. The van der Waals surface area contributed by atoms with Gasteiger partial charge in [0.25, 0.3) is 0 Å². The van der Waals surface area contributed by atoms with Crippen molar-refractivity contribution in [1.29, 1.82) is 0 Å². The topological polar surface area (TPSA) is 58.6 Å². The molecule has 98 valence electrons. The first-order valence-corrected chi connectivity index (χ1v) is 6.19. The zero-order valence-electron chi connectivity index (χ0n) is 10.8. The lowest BCUT2D eigenvalue weighted by Gasteiger charge is -2.27. The van der Waals surface area contributed by atoms with Crippen molar-refractivity contribution in [1.82, 2.24) is 0 Å². The van der Waals surface area contributed by atoms with E-state index in [-0.39, 0.29) is 0 Å². The number of rotatable bonds is 6. The van der Waals surface area contributed by atoms with Gasteiger partial charge in [-0.05, 0) is 43.5 Å². The molecule has 0 saturated heterocycles. The van der Waals surface area contributed by atoms with Gasteiger partial charge in [-0.15, -0.1) is 0 Å². The summed E-state index contributed by atoms with van der Waals surface area (Å²) in [5.74, 6) is 0.516. The minimum Gasteiger partial charge on any atom is -0.497 e. The smallest absolute Gasteiger partial charge is 0.329 e. The largest absolute Gasteiger partial charge is 0.497 e. The fourth-order valence-corrected chi connectivity index (χ4v) is 2.08. The van der Waals surface area contributed by atoms with E-state index in [4.69, 9.17) is 4.74 Å². The molecule has 0 aromatic heterocycles. The van der Waals surface area contributed by atoms with E-state index in [1.54, 1.807) is 14.0 Å². The summed E-state index contributed by atoms with van der Waals surface area (Å²) in [5.41, 5.74) is -0.0863. The van der Waals surface area contributed by atoms with Crippen LogP contribution in [0.3, 0.4) is 0 Å². The number of methoxy groups -OCH3 is 1. The van der Waals surface area contributed by atoms with Crippen LogP contribution in [0.5, 0.6) is 5.75 Å². The SMILES string of the molecule is COc1ccc(NC(C)(CC2CC2)C(=O)O)cc1. The van der Waals surface area contributed by atoms with Gasteiger partial charge in [-0.3, -0.25) is 0 Å². The zero-order chi connectivity index (χ0) is 13.2. The molecule has 1 aliphatic rings. The highest BCUT2D eigenvalue weighted by atomic mass is 16.5. The van der Waals surface area contributed by atoms with E-state index in [0.29, 0.717) is 12.3 Å². The minimum atomic E-state index is -0.893. The lowest BCUT2D eigenvalue weighted by molar-refractivity contribution is -0.142. The molecule has 18 heavy (non-hydrogen) atoms. The van der Waals surface area contributed by atoms with Crippen LogP contribution in [0, 0.1) is 5.92 Å². The standard InChI is InChI=1S/C14H19NO3/c1-14(13(16)17,9-10-3-4-10)15-11-5-7-12(18-2)8-6-11/h5-8,10,15H,3-4,9H2,1-2H3,(H,16,17). The number of nitrogens with one attached hydrogen (secondary N) is 1. The van der Waals surface area contributed by atoms with Gasteiger partial charge in [0.2, 0.25) is 0 Å². The van der Waals surface area contributed by atoms with E-state index < -0.39 is 11.5 Å². The maximum atomic E-state index is 11.4. The van der Waals surface area contributed by atoms with Gasteiger partial charge in [0.05, 0.1) is 7.11 Å². The van der Waals surface area contributed by atoms with Crippen LogP contribution in [0.1, 0.15) is 26.2 Å². The Hall–Kier alpha value is -1.71. The van der Waals surface area contributed by atoms with Gasteiger partial charge in [0.1, 0.15) is 11.3 Å². The highest BCUT2D eigenvalue weighted by Gasteiger charge is 2.39. The van der Waals surface area contributed by atoms with E-state index in [2.05, 4.69) is 5.32 Å². The third-order valence-corrected chi connectivity index (χ3v) is 3.38. The first-order valence-electron chi connectivity index (χ1n) is 6.19. The number of carboxylic acid groups (broad SMARTS) is 1. The number of anilines is 1. The summed E-state index contributed by atoms with van der Waals surface area (Å²) in [7, 11) is 1.61. The molecule has 1 aromatic rings. The van der Waals surface area contributed by atoms with Crippen LogP contribution in [0.2, 0.25) is 0 Å². The summed E-state index contributed by atoms with van der Waals surface area (Å²) in [4.78, 5) is 11.4. The van der Waals surface area contributed by atoms with Crippen molar-refractivity contribution in [2.45, 2.75) is 31.7 Å². The first kappa shape index (κ1) is 12.7. The van der Waals surface area contributed by atoms with Crippen molar-refractivity contribution in [2.24, 2.45) is 5.92 Å². The summed E-state index contributed by atoms with van der Waals surface area (Å²) in [6, 6.07) is 7.32. The van der Waals surface area contributed by atoms with Crippen LogP contribution in [-0.2, 0) is 4.79 Å². The Kier molecular flexibility index (Phi) is 3.45. The van der Waals surface area contributed by atoms with Gasteiger partial charge in [-0.1, -0.05) is 12.8 Å². The molecule has 0 spiro atoms. The highest BCUT2D eigenvalue weighted by molar-refractivity contribution is 5.82. The zero-order valence-corrected chi connectivity index (χ0v) is 10.8. The molecule has 4 heteroatoms.